The van der Waals surface area contributed by atoms with Crippen molar-refractivity contribution in [3.63, 3.8) is 0 Å². The van der Waals surface area contributed by atoms with E-state index in [9.17, 15) is 0 Å². The van der Waals surface area contributed by atoms with E-state index < -0.39 is 0 Å². The molecule has 1 nitrogen and oxygen atoms in total. The molecule has 2 atom stereocenters. The average molecular weight is 247 g/mol. The van der Waals surface area contributed by atoms with Gasteiger partial charge in [0.1, 0.15) is 0 Å². The van der Waals surface area contributed by atoms with Crippen LogP contribution in [0.2, 0.25) is 0 Å². The Hall–Kier alpha value is -0.820. The van der Waals surface area contributed by atoms with Crippen LogP contribution in [0.3, 0.4) is 0 Å². The Labute approximate surface area is 113 Å². The van der Waals surface area contributed by atoms with Crippen molar-refractivity contribution in [2.45, 2.75) is 65.8 Å². The van der Waals surface area contributed by atoms with Crippen molar-refractivity contribution in [2.24, 2.45) is 11.7 Å². The Morgan fingerprint density at radius 3 is 2.28 bits per heavy atom. The highest BCUT2D eigenvalue weighted by molar-refractivity contribution is 5.36. The quantitative estimate of drug-likeness (QED) is 0.847. The van der Waals surface area contributed by atoms with Crippen LogP contribution in [0, 0.1) is 12.8 Å². The number of hydrogen-bond acceptors (Lipinski definition) is 1. The van der Waals surface area contributed by atoms with Crippen molar-refractivity contribution in [1.29, 1.82) is 0 Å². The third-order valence-corrected chi connectivity index (χ3v) is 3.47. The predicted octanol–water partition coefficient (Wildman–Crippen LogP) is 4.21. The monoisotopic (exact) mass is 247 g/mol. The summed E-state index contributed by atoms with van der Waals surface area (Å²) in [6.45, 7) is 13.4. The minimum absolute atomic E-state index is 0.227. The zero-order chi connectivity index (χ0) is 13.9. The maximum absolute atomic E-state index is 5.87. The van der Waals surface area contributed by atoms with E-state index in [-0.39, 0.29) is 5.41 Å². The lowest BCUT2D eigenvalue weighted by molar-refractivity contribution is 0.479. The summed E-state index contributed by atoms with van der Waals surface area (Å²) in [5, 5.41) is 0. The zero-order valence-electron chi connectivity index (χ0n) is 12.9. The lowest BCUT2D eigenvalue weighted by atomic mass is 9.82. The second-order valence-corrected chi connectivity index (χ2v) is 6.92. The minimum Gasteiger partial charge on any atom is -0.328 e. The topological polar surface area (TPSA) is 26.0 Å². The predicted molar refractivity (Wildman–Crippen MR) is 81.0 cm³/mol. The zero-order valence-corrected chi connectivity index (χ0v) is 12.9. The highest BCUT2D eigenvalue weighted by Gasteiger charge is 2.17. The van der Waals surface area contributed by atoms with Crippen molar-refractivity contribution < 1.29 is 0 Å². The number of rotatable bonds is 4. The Morgan fingerprint density at radius 2 is 1.78 bits per heavy atom. The molecule has 1 aromatic carbocycles. The molecule has 102 valence electrons. The maximum Gasteiger partial charge on any atom is 0.00131 e. The molecule has 0 amide bonds. The normalized spacial score (nSPS) is 15.5. The van der Waals surface area contributed by atoms with Crippen LogP contribution in [0.15, 0.2) is 18.2 Å². The summed E-state index contributed by atoms with van der Waals surface area (Å²) in [4.78, 5) is 0. The van der Waals surface area contributed by atoms with Crippen LogP contribution in [0.5, 0.6) is 0 Å². The van der Waals surface area contributed by atoms with Gasteiger partial charge in [-0.15, -0.1) is 0 Å². The van der Waals surface area contributed by atoms with Gasteiger partial charge in [0.2, 0.25) is 0 Å². The van der Waals surface area contributed by atoms with Crippen LogP contribution in [0.1, 0.15) is 57.7 Å². The second-order valence-electron chi connectivity index (χ2n) is 6.92. The van der Waals surface area contributed by atoms with Crippen molar-refractivity contribution in [3.8, 4) is 0 Å². The van der Waals surface area contributed by atoms with Crippen LogP contribution < -0.4 is 5.73 Å². The van der Waals surface area contributed by atoms with Gasteiger partial charge < -0.3 is 5.73 Å². The molecule has 1 rings (SSSR count). The summed E-state index contributed by atoms with van der Waals surface area (Å²) in [6.07, 6.45) is 2.23. The number of hydrogen-bond donors (Lipinski definition) is 1. The highest BCUT2D eigenvalue weighted by Crippen LogP contribution is 2.27. The third kappa shape index (κ3) is 4.45. The van der Waals surface area contributed by atoms with Crippen LogP contribution in [-0.4, -0.2) is 6.04 Å². The molecule has 0 saturated carbocycles. The molecule has 0 aromatic heterocycles. The van der Waals surface area contributed by atoms with Gasteiger partial charge in [-0.3, -0.25) is 0 Å². The molecule has 2 unspecified atom stereocenters. The molecule has 0 bridgehead atoms. The van der Waals surface area contributed by atoms with Gasteiger partial charge in [0.05, 0.1) is 0 Å². The van der Waals surface area contributed by atoms with Crippen LogP contribution in [0.4, 0.5) is 0 Å². The first-order valence-electron chi connectivity index (χ1n) is 7.05. The van der Waals surface area contributed by atoms with E-state index >= 15 is 0 Å². The molecule has 0 fully saturated rings. The first kappa shape index (κ1) is 15.2. The maximum atomic E-state index is 5.87. The van der Waals surface area contributed by atoms with Gasteiger partial charge >= 0.3 is 0 Å². The Balaban J connectivity index is 2.86. The third-order valence-electron chi connectivity index (χ3n) is 3.47. The SMILES string of the molecule is Cc1ccc(CC(C)CC(C)N)cc1C(C)(C)C. The molecule has 0 aliphatic rings. The molecular formula is C17H29N. The van der Waals surface area contributed by atoms with E-state index in [1.807, 2.05) is 0 Å². The molecule has 2 N–H and O–H groups in total. The number of benzene rings is 1. The fourth-order valence-corrected chi connectivity index (χ4v) is 2.72. The lowest BCUT2D eigenvalue weighted by Gasteiger charge is -2.23. The van der Waals surface area contributed by atoms with E-state index in [0.717, 1.165) is 12.8 Å². The summed E-state index contributed by atoms with van der Waals surface area (Å²) >= 11 is 0. The summed E-state index contributed by atoms with van der Waals surface area (Å²) in [7, 11) is 0. The van der Waals surface area contributed by atoms with E-state index in [4.69, 9.17) is 5.73 Å². The number of aryl methyl sites for hydroxylation is 1. The largest absolute Gasteiger partial charge is 0.328 e. The number of nitrogens with two attached hydrogens (primary N) is 1. The molecule has 0 spiro atoms. The lowest BCUT2D eigenvalue weighted by Crippen LogP contribution is -2.19. The van der Waals surface area contributed by atoms with Gasteiger partial charge in [0, 0.05) is 6.04 Å². The molecule has 1 heteroatoms. The molecule has 0 radical (unpaired) electrons. The molecule has 18 heavy (non-hydrogen) atoms. The molecule has 0 aliphatic carbocycles. The first-order valence-corrected chi connectivity index (χ1v) is 7.05. The smallest absolute Gasteiger partial charge is 0.00131 e. The van der Waals surface area contributed by atoms with Crippen LogP contribution in [0.25, 0.3) is 0 Å². The van der Waals surface area contributed by atoms with Crippen molar-refractivity contribution in [3.05, 3.63) is 34.9 Å². The van der Waals surface area contributed by atoms with Gasteiger partial charge in [-0.25, -0.2) is 0 Å². The fourth-order valence-electron chi connectivity index (χ4n) is 2.72. The van der Waals surface area contributed by atoms with E-state index in [2.05, 4.69) is 59.7 Å². The Bertz CT molecular complexity index is 385. The molecule has 0 aliphatic heterocycles. The molecule has 0 heterocycles. The molecular weight excluding hydrogens is 218 g/mol. The molecule has 1 aromatic rings. The summed E-state index contributed by atoms with van der Waals surface area (Å²) in [5.74, 6) is 0.653. The fraction of sp³-hybridized carbons (Fsp3) is 0.647. The van der Waals surface area contributed by atoms with Crippen molar-refractivity contribution >= 4 is 0 Å². The first-order chi connectivity index (χ1) is 8.20. The van der Waals surface area contributed by atoms with Gasteiger partial charge in [-0.05, 0) is 54.7 Å². The van der Waals surface area contributed by atoms with Crippen molar-refractivity contribution in [2.75, 3.05) is 0 Å². The Kier molecular flexibility index (Phi) is 4.98. The highest BCUT2D eigenvalue weighted by atomic mass is 14.6. The van der Waals surface area contributed by atoms with Crippen LogP contribution >= 0.6 is 0 Å². The minimum atomic E-state index is 0.227. The standard InChI is InChI=1S/C17H29N/c1-12(9-14(3)18)10-15-8-7-13(2)16(11-15)17(4,5)6/h7-8,11-12,14H,9-10,18H2,1-6H3. The summed E-state index contributed by atoms with van der Waals surface area (Å²) < 4.78 is 0. The average Bonchev–Trinajstić information content (AvgIpc) is 2.17. The Morgan fingerprint density at radius 1 is 1.17 bits per heavy atom. The van der Waals surface area contributed by atoms with Crippen molar-refractivity contribution in [1.82, 2.24) is 0 Å². The summed E-state index contributed by atoms with van der Waals surface area (Å²) in [5.41, 5.74) is 10.4. The van der Waals surface area contributed by atoms with Gasteiger partial charge in [0.25, 0.3) is 0 Å². The van der Waals surface area contributed by atoms with E-state index in [1.54, 1.807) is 0 Å². The summed E-state index contributed by atoms with van der Waals surface area (Å²) in [6, 6.07) is 7.21. The van der Waals surface area contributed by atoms with Gasteiger partial charge in [-0.1, -0.05) is 45.9 Å². The van der Waals surface area contributed by atoms with E-state index in [0.29, 0.717) is 12.0 Å². The second kappa shape index (κ2) is 5.88. The van der Waals surface area contributed by atoms with Gasteiger partial charge in [0.15, 0.2) is 0 Å². The van der Waals surface area contributed by atoms with Crippen LogP contribution in [-0.2, 0) is 11.8 Å². The van der Waals surface area contributed by atoms with E-state index in [1.165, 1.54) is 16.7 Å². The molecule has 0 saturated heterocycles. The van der Waals surface area contributed by atoms with Gasteiger partial charge in [-0.2, -0.15) is 0 Å².